The number of fused-ring (bicyclic) bond motifs is 1. The van der Waals surface area contributed by atoms with E-state index in [1.807, 2.05) is 13.8 Å². The lowest BCUT2D eigenvalue weighted by Crippen LogP contribution is -2.42. The number of nitro benzene ring substituents is 1. The second-order valence-corrected chi connectivity index (χ2v) is 7.06. The van der Waals surface area contributed by atoms with E-state index in [0.717, 1.165) is 12.0 Å². The summed E-state index contributed by atoms with van der Waals surface area (Å²) >= 11 is 0. The molecule has 0 saturated carbocycles. The van der Waals surface area contributed by atoms with Crippen LogP contribution in [0.15, 0.2) is 42.5 Å². The monoisotopic (exact) mass is 397 g/mol. The summed E-state index contributed by atoms with van der Waals surface area (Å²) in [6.07, 6.45) is 0.246. The van der Waals surface area contributed by atoms with Gasteiger partial charge in [0.1, 0.15) is 5.75 Å². The average molecular weight is 397 g/mol. The molecule has 1 aliphatic heterocycles. The van der Waals surface area contributed by atoms with Gasteiger partial charge in [0.25, 0.3) is 17.5 Å². The molecule has 8 heteroatoms. The first-order valence-electron chi connectivity index (χ1n) is 9.46. The Morgan fingerprint density at radius 1 is 1.31 bits per heavy atom. The molecular formula is C21H23N3O5. The number of hydrogen-bond donors (Lipinski definition) is 1. The standard InChI is InChI=1S/C21H23N3O5/c1-4-13(2)23-12-16-11-17(7-10-19(16)29-14(3)21(23)26)22-20(25)15-5-8-18(9-6-15)24(27)28/h5-11,13-14H,4,12H2,1-3H3,(H,22,25)/t13-,14-/m0/s1. The highest BCUT2D eigenvalue weighted by Gasteiger charge is 2.30. The largest absolute Gasteiger partial charge is 0.481 e. The number of ether oxygens (including phenoxy) is 1. The lowest BCUT2D eigenvalue weighted by molar-refractivity contribution is -0.384. The van der Waals surface area contributed by atoms with Gasteiger partial charge in [-0.05, 0) is 50.6 Å². The maximum Gasteiger partial charge on any atom is 0.269 e. The molecule has 0 saturated heterocycles. The Bertz CT molecular complexity index is 942. The zero-order valence-electron chi connectivity index (χ0n) is 16.5. The number of carbonyl (C=O) groups excluding carboxylic acids is 2. The smallest absolute Gasteiger partial charge is 0.269 e. The molecule has 0 aliphatic carbocycles. The van der Waals surface area contributed by atoms with Crippen LogP contribution >= 0.6 is 0 Å². The summed E-state index contributed by atoms with van der Waals surface area (Å²) in [7, 11) is 0. The van der Waals surface area contributed by atoms with Gasteiger partial charge in [0.05, 0.1) is 4.92 Å². The van der Waals surface area contributed by atoms with Crippen LogP contribution in [-0.4, -0.2) is 33.8 Å². The minimum atomic E-state index is -0.578. The number of non-ortho nitro benzene ring substituents is 1. The fourth-order valence-corrected chi connectivity index (χ4v) is 3.16. The SMILES string of the molecule is CC[C@H](C)N1Cc2cc(NC(=O)c3ccc([N+](=O)[O-])cc3)ccc2O[C@@H](C)C1=O. The lowest BCUT2D eigenvalue weighted by Gasteiger charge is -2.28. The van der Waals surface area contributed by atoms with Gasteiger partial charge in [0.15, 0.2) is 6.10 Å². The van der Waals surface area contributed by atoms with Crippen LogP contribution in [0.4, 0.5) is 11.4 Å². The Hall–Kier alpha value is -3.42. The molecule has 2 atom stereocenters. The molecule has 0 fully saturated rings. The van der Waals surface area contributed by atoms with E-state index < -0.39 is 11.0 Å². The van der Waals surface area contributed by atoms with E-state index in [1.54, 1.807) is 30.0 Å². The summed E-state index contributed by atoms with van der Waals surface area (Å²) in [4.78, 5) is 37.1. The van der Waals surface area contributed by atoms with Crippen molar-refractivity contribution in [3.63, 3.8) is 0 Å². The third-order valence-electron chi connectivity index (χ3n) is 5.06. The van der Waals surface area contributed by atoms with Crippen molar-refractivity contribution in [3.8, 4) is 5.75 Å². The predicted octanol–water partition coefficient (Wildman–Crippen LogP) is 3.76. The first kappa shape index (κ1) is 20.3. The van der Waals surface area contributed by atoms with Crippen LogP contribution in [0, 0.1) is 10.1 Å². The van der Waals surface area contributed by atoms with Gasteiger partial charge in [-0.3, -0.25) is 19.7 Å². The normalized spacial score (nSPS) is 17.0. The van der Waals surface area contributed by atoms with Gasteiger partial charge >= 0.3 is 0 Å². The molecule has 29 heavy (non-hydrogen) atoms. The third-order valence-corrected chi connectivity index (χ3v) is 5.06. The Labute approximate surface area is 168 Å². The van der Waals surface area contributed by atoms with Crippen LogP contribution in [0.5, 0.6) is 5.75 Å². The third kappa shape index (κ3) is 4.37. The molecule has 1 aliphatic rings. The number of amides is 2. The summed E-state index contributed by atoms with van der Waals surface area (Å²) in [5, 5.41) is 13.5. The number of benzene rings is 2. The van der Waals surface area contributed by atoms with Crippen molar-refractivity contribution in [2.45, 2.75) is 45.9 Å². The van der Waals surface area contributed by atoms with Crippen LogP contribution in [0.25, 0.3) is 0 Å². The minimum Gasteiger partial charge on any atom is -0.481 e. The molecule has 3 rings (SSSR count). The predicted molar refractivity (Wildman–Crippen MR) is 108 cm³/mol. The Morgan fingerprint density at radius 3 is 2.62 bits per heavy atom. The fraction of sp³-hybridized carbons (Fsp3) is 0.333. The van der Waals surface area contributed by atoms with Crippen LogP contribution < -0.4 is 10.1 Å². The maximum absolute atomic E-state index is 12.6. The fourth-order valence-electron chi connectivity index (χ4n) is 3.16. The summed E-state index contributed by atoms with van der Waals surface area (Å²) in [6.45, 7) is 6.15. The molecule has 2 amide bonds. The van der Waals surface area contributed by atoms with Gasteiger partial charge in [-0.25, -0.2) is 0 Å². The molecule has 0 unspecified atom stereocenters. The Balaban J connectivity index is 1.82. The van der Waals surface area contributed by atoms with Crippen molar-refractivity contribution in [1.82, 2.24) is 4.90 Å². The molecule has 0 aromatic heterocycles. The number of hydrogen-bond acceptors (Lipinski definition) is 5. The van der Waals surface area contributed by atoms with E-state index in [4.69, 9.17) is 4.74 Å². The highest BCUT2D eigenvalue weighted by atomic mass is 16.6. The first-order chi connectivity index (χ1) is 13.8. The molecule has 0 radical (unpaired) electrons. The van der Waals surface area contributed by atoms with Gasteiger partial charge in [-0.2, -0.15) is 0 Å². The number of nitrogens with one attached hydrogen (secondary N) is 1. The van der Waals surface area contributed by atoms with Crippen molar-refractivity contribution in [3.05, 3.63) is 63.7 Å². The zero-order chi connectivity index (χ0) is 21.1. The van der Waals surface area contributed by atoms with Gasteiger partial charge in [-0.1, -0.05) is 6.92 Å². The molecular weight excluding hydrogens is 374 g/mol. The van der Waals surface area contributed by atoms with Crippen molar-refractivity contribution in [2.24, 2.45) is 0 Å². The molecule has 0 bridgehead atoms. The Kier molecular flexibility index (Phi) is 5.81. The van der Waals surface area contributed by atoms with E-state index in [1.165, 1.54) is 24.3 Å². The van der Waals surface area contributed by atoms with Crippen molar-refractivity contribution >= 4 is 23.2 Å². The molecule has 2 aromatic rings. The molecule has 152 valence electrons. The summed E-state index contributed by atoms with van der Waals surface area (Å²) in [5.74, 6) is 0.176. The lowest BCUT2D eigenvalue weighted by atomic mass is 10.1. The highest BCUT2D eigenvalue weighted by Crippen LogP contribution is 2.30. The molecule has 0 spiro atoms. The topological polar surface area (TPSA) is 102 Å². The van der Waals surface area contributed by atoms with E-state index in [-0.39, 0.29) is 23.5 Å². The number of nitrogens with zero attached hydrogens (tertiary/aromatic N) is 2. The van der Waals surface area contributed by atoms with Crippen molar-refractivity contribution in [1.29, 1.82) is 0 Å². The van der Waals surface area contributed by atoms with Gasteiger partial charge in [0, 0.05) is 41.5 Å². The quantitative estimate of drug-likeness (QED) is 0.611. The number of nitro groups is 1. The summed E-state index contributed by atoms with van der Waals surface area (Å²) in [5.41, 5.74) is 1.60. The van der Waals surface area contributed by atoms with E-state index >= 15 is 0 Å². The zero-order valence-corrected chi connectivity index (χ0v) is 16.5. The maximum atomic E-state index is 12.6. The minimum absolute atomic E-state index is 0.0629. The van der Waals surface area contributed by atoms with Gasteiger partial charge in [-0.15, -0.1) is 0 Å². The first-order valence-corrected chi connectivity index (χ1v) is 9.46. The van der Waals surface area contributed by atoms with Crippen LogP contribution in [0.1, 0.15) is 43.1 Å². The van der Waals surface area contributed by atoms with E-state index in [9.17, 15) is 19.7 Å². The molecule has 1 heterocycles. The molecule has 8 nitrogen and oxygen atoms in total. The van der Waals surface area contributed by atoms with Crippen molar-refractivity contribution in [2.75, 3.05) is 5.32 Å². The van der Waals surface area contributed by atoms with Crippen LogP contribution in [0.2, 0.25) is 0 Å². The highest BCUT2D eigenvalue weighted by molar-refractivity contribution is 6.04. The van der Waals surface area contributed by atoms with Crippen LogP contribution in [-0.2, 0) is 11.3 Å². The van der Waals surface area contributed by atoms with E-state index in [0.29, 0.717) is 23.5 Å². The second-order valence-electron chi connectivity index (χ2n) is 7.06. The average Bonchev–Trinajstić information content (AvgIpc) is 2.84. The summed E-state index contributed by atoms with van der Waals surface area (Å²) in [6, 6.07) is 10.7. The van der Waals surface area contributed by atoms with Crippen molar-refractivity contribution < 1.29 is 19.2 Å². The molecule has 2 aromatic carbocycles. The summed E-state index contributed by atoms with van der Waals surface area (Å²) < 4.78 is 5.81. The van der Waals surface area contributed by atoms with Gasteiger partial charge < -0.3 is 15.0 Å². The van der Waals surface area contributed by atoms with E-state index in [2.05, 4.69) is 5.32 Å². The molecule has 1 N–H and O–H groups in total. The number of carbonyl (C=O) groups is 2. The second kappa shape index (κ2) is 8.30. The number of anilines is 1. The van der Waals surface area contributed by atoms with Gasteiger partial charge in [0.2, 0.25) is 0 Å². The Morgan fingerprint density at radius 2 is 2.00 bits per heavy atom. The number of rotatable bonds is 5. The van der Waals surface area contributed by atoms with Crippen LogP contribution in [0.3, 0.4) is 0 Å².